The van der Waals surface area contributed by atoms with E-state index in [1.165, 1.54) is 57.2 Å². The van der Waals surface area contributed by atoms with Gasteiger partial charge < -0.3 is 34.3 Å². The largest absolute Gasteiger partial charge is 0.496 e. The van der Waals surface area contributed by atoms with Gasteiger partial charge in [0.1, 0.15) is 11.6 Å². The Hall–Kier alpha value is -6.09. The zero-order chi connectivity index (χ0) is 40.2. The SMILES string of the molecule is C=Cc1cc(C(=O)Nc2ccc(C(=N)NC(=O)OCOC(=O)C(C)C)cc2)c(-c2ccc(CNCC3CC3)nc2C(=O)OC(C)OC(=O)C(C)C)cc1OC. The fraction of sp³-hybridized carbons (Fsp3) is 0.375. The summed E-state index contributed by atoms with van der Waals surface area (Å²) in [6.45, 7) is 12.5. The van der Waals surface area contributed by atoms with Crippen LogP contribution >= 0.6 is 0 Å². The maximum atomic E-state index is 14.0. The number of nitrogens with zero attached hydrogens (tertiary/aromatic N) is 1. The van der Waals surface area contributed by atoms with E-state index in [1.54, 1.807) is 52.0 Å². The first-order chi connectivity index (χ1) is 26.2. The van der Waals surface area contributed by atoms with E-state index < -0.39 is 54.8 Å². The summed E-state index contributed by atoms with van der Waals surface area (Å²) in [5.74, 6) is -2.64. The van der Waals surface area contributed by atoms with Gasteiger partial charge in [-0.25, -0.2) is 14.6 Å². The van der Waals surface area contributed by atoms with Crippen molar-refractivity contribution in [3.63, 3.8) is 0 Å². The van der Waals surface area contributed by atoms with Gasteiger partial charge in [0, 0.05) is 47.0 Å². The summed E-state index contributed by atoms with van der Waals surface area (Å²) in [5.41, 5.74) is 2.31. The van der Waals surface area contributed by atoms with Gasteiger partial charge in [-0.2, -0.15) is 0 Å². The molecule has 1 unspecified atom stereocenters. The fourth-order valence-corrected chi connectivity index (χ4v) is 5.01. The minimum Gasteiger partial charge on any atom is -0.496 e. The van der Waals surface area contributed by atoms with E-state index in [-0.39, 0.29) is 22.7 Å². The van der Waals surface area contributed by atoms with Crippen LogP contribution in [0.2, 0.25) is 0 Å². The molecular formula is C40H47N5O10. The molecule has 2 amide bonds. The number of carbonyl (C=O) groups is 5. The number of hydrogen-bond acceptors (Lipinski definition) is 13. The number of carbonyl (C=O) groups excluding carboxylic acids is 5. The number of amidine groups is 1. The standard InChI is InChI=1S/C40H47N5O10/c1-8-26-17-32(36(46)44-28-13-11-27(12-14-28)35(41)45-40(50)53-21-52-37(47)22(2)3)31(18-33(26)51-7)30-16-15-29(20-42-19-25-9-10-25)43-34(30)39(49)55-24(6)54-38(48)23(4)5/h8,11-18,22-25,42H,1,9-10,19-21H2,2-7H3,(H,44,46)(H2,41,45,50). The van der Waals surface area contributed by atoms with Crippen molar-refractivity contribution in [3.05, 3.63) is 83.2 Å². The highest BCUT2D eigenvalue weighted by Crippen LogP contribution is 2.35. The Morgan fingerprint density at radius 3 is 2.22 bits per heavy atom. The van der Waals surface area contributed by atoms with Crippen LogP contribution in [0.4, 0.5) is 10.5 Å². The molecule has 1 atom stereocenters. The van der Waals surface area contributed by atoms with E-state index in [0.717, 1.165) is 6.54 Å². The van der Waals surface area contributed by atoms with Crippen LogP contribution in [0.25, 0.3) is 17.2 Å². The van der Waals surface area contributed by atoms with E-state index in [9.17, 15) is 24.0 Å². The second-order valence-corrected chi connectivity index (χ2v) is 13.4. The fourth-order valence-electron chi connectivity index (χ4n) is 5.01. The van der Waals surface area contributed by atoms with Crippen LogP contribution in [-0.4, -0.2) is 67.5 Å². The topological polar surface area (TPSA) is 204 Å². The number of anilines is 1. The van der Waals surface area contributed by atoms with Crippen molar-refractivity contribution in [1.29, 1.82) is 5.41 Å². The van der Waals surface area contributed by atoms with Crippen molar-refractivity contribution >= 4 is 47.5 Å². The molecule has 15 heteroatoms. The quantitative estimate of drug-likeness (QED) is 0.0537. The lowest BCUT2D eigenvalue weighted by molar-refractivity contribution is -0.169. The molecule has 1 aliphatic rings. The van der Waals surface area contributed by atoms with E-state index in [2.05, 4.69) is 27.5 Å². The molecule has 1 saturated carbocycles. The summed E-state index contributed by atoms with van der Waals surface area (Å²) in [6, 6.07) is 12.7. The second-order valence-electron chi connectivity index (χ2n) is 13.4. The van der Waals surface area contributed by atoms with Crippen molar-refractivity contribution in [2.45, 2.75) is 60.3 Å². The summed E-state index contributed by atoms with van der Waals surface area (Å²) in [4.78, 5) is 68.2. The lowest BCUT2D eigenvalue weighted by Gasteiger charge is -2.19. The smallest absolute Gasteiger partial charge is 0.415 e. The Kier molecular flexibility index (Phi) is 14.6. The monoisotopic (exact) mass is 757 g/mol. The van der Waals surface area contributed by atoms with Gasteiger partial charge in [-0.05, 0) is 67.8 Å². The number of rotatable bonds is 17. The molecule has 4 N–H and O–H groups in total. The van der Waals surface area contributed by atoms with Crippen molar-refractivity contribution < 1.29 is 47.7 Å². The van der Waals surface area contributed by atoms with Gasteiger partial charge in [0.15, 0.2) is 5.69 Å². The average molecular weight is 758 g/mol. The van der Waals surface area contributed by atoms with Crippen LogP contribution in [0.1, 0.15) is 85.1 Å². The van der Waals surface area contributed by atoms with Crippen LogP contribution in [-0.2, 0) is 35.1 Å². The second kappa shape index (κ2) is 19.3. The van der Waals surface area contributed by atoms with Crippen molar-refractivity contribution in [2.24, 2.45) is 17.8 Å². The van der Waals surface area contributed by atoms with E-state index in [1.807, 2.05) is 0 Å². The van der Waals surface area contributed by atoms with Crippen LogP contribution in [0, 0.1) is 23.2 Å². The molecule has 55 heavy (non-hydrogen) atoms. The van der Waals surface area contributed by atoms with Crippen LogP contribution in [0.5, 0.6) is 5.75 Å². The summed E-state index contributed by atoms with van der Waals surface area (Å²) in [7, 11) is 1.47. The average Bonchev–Trinajstić information content (AvgIpc) is 3.98. The van der Waals surface area contributed by atoms with E-state index >= 15 is 0 Å². The highest BCUT2D eigenvalue weighted by molar-refractivity contribution is 6.11. The first-order valence-electron chi connectivity index (χ1n) is 17.8. The number of alkyl carbamates (subject to hydrolysis) is 1. The first-order valence-corrected chi connectivity index (χ1v) is 17.8. The molecule has 1 aliphatic carbocycles. The number of aromatic nitrogens is 1. The predicted octanol–water partition coefficient (Wildman–Crippen LogP) is 6.06. The Morgan fingerprint density at radius 1 is 0.909 bits per heavy atom. The van der Waals surface area contributed by atoms with Crippen molar-refractivity contribution in [2.75, 3.05) is 25.8 Å². The molecule has 1 heterocycles. The van der Waals surface area contributed by atoms with Crippen LogP contribution in [0.15, 0.2) is 55.1 Å². The molecule has 0 aliphatic heterocycles. The third-order valence-corrected chi connectivity index (χ3v) is 8.25. The molecule has 0 bridgehead atoms. The number of pyridine rings is 1. The molecule has 15 nitrogen and oxygen atoms in total. The Labute approximate surface area is 319 Å². The summed E-state index contributed by atoms with van der Waals surface area (Å²) in [5, 5.41) is 16.7. The van der Waals surface area contributed by atoms with Crippen molar-refractivity contribution in [1.82, 2.24) is 15.6 Å². The number of hydrogen-bond donors (Lipinski definition) is 4. The Morgan fingerprint density at radius 2 is 1.60 bits per heavy atom. The molecule has 0 spiro atoms. The molecule has 2 aromatic carbocycles. The molecular weight excluding hydrogens is 710 g/mol. The maximum absolute atomic E-state index is 14.0. The van der Waals surface area contributed by atoms with Crippen LogP contribution in [0.3, 0.4) is 0 Å². The lowest BCUT2D eigenvalue weighted by Crippen LogP contribution is -2.32. The summed E-state index contributed by atoms with van der Waals surface area (Å²) < 4.78 is 26.0. The first kappa shape index (κ1) is 41.7. The Balaban J connectivity index is 1.60. The normalized spacial score (nSPS) is 12.7. The highest BCUT2D eigenvalue weighted by Gasteiger charge is 2.27. The van der Waals surface area contributed by atoms with Gasteiger partial charge in [-0.1, -0.05) is 46.4 Å². The van der Waals surface area contributed by atoms with Gasteiger partial charge in [-0.15, -0.1) is 0 Å². The summed E-state index contributed by atoms with van der Waals surface area (Å²) in [6.07, 6.45) is 1.65. The van der Waals surface area contributed by atoms with Gasteiger partial charge in [0.05, 0.1) is 24.6 Å². The minimum atomic E-state index is -1.21. The van der Waals surface area contributed by atoms with Gasteiger partial charge in [0.25, 0.3) is 5.91 Å². The minimum absolute atomic E-state index is 0.104. The van der Waals surface area contributed by atoms with Crippen LogP contribution < -0.4 is 20.7 Å². The molecule has 0 saturated heterocycles. The third kappa shape index (κ3) is 12.0. The Bertz CT molecular complexity index is 1920. The number of methoxy groups -OCH3 is 1. The molecule has 3 aromatic rings. The molecule has 1 fully saturated rings. The van der Waals surface area contributed by atoms with Gasteiger partial charge in [0.2, 0.25) is 13.1 Å². The van der Waals surface area contributed by atoms with E-state index in [0.29, 0.717) is 46.3 Å². The number of ether oxygens (including phenoxy) is 5. The lowest BCUT2D eigenvalue weighted by atomic mass is 9.94. The predicted molar refractivity (Wildman–Crippen MR) is 203 cm³/mol. The third-order valence-electron chi connectivity index (χ3n) is 8.25. The molecule has 4 rings (SSSR count). The molecule has 292 valence electrons. The maximum Gasteiger partial charge on any atom is 0.415 e. The molecule has 0 radical (unpaired) electrons. The van der Waals surface area contributed by atoms with Crippen molar-refractivity contribution in [3.8, 4) is 16.9 Å². The summed E-state index contributed by atoms with van der Waals surface area (Å²) >= 11 is 0. The number of amides is 2. The highest BCUT2D eigenvalue weighted by atomic mass is 16.7. The zero-order valence-corrected chi connectivity index (χ0v) is 31.8. The van der Waals surface area contributed by atoms with E-state index in [4.69, 9.17) is 29.1 Å². The van der Waals surface area contributed by atoms with Gasteiger partial charge in [-0.3, -0.25) is 25.1 Å². The number of nitrogens with one attached hydrogen (secondary N) is 4. The zero-order valence-electron chi connectivity index (χ0n) is 31.8. The number of benzene rings is 2. The number of esters is 3. The molecule has 1 aromatic heterocycles. The van der Waals surface area contributed by atoms with Gasteiger partial charge >= 0.3 is 24.0 Å².